The van der Waals surface area contributed by atoms with Crippen LogP contribution in [0.1, 0.15) is 84.0 Å². The molecule has 3 atom stereocenters. The van der Waals surface area contributed by atoms with Crippen molar-refractivity contribution in [3.63, 3.8) is 0 Å². The molecule has 47 heavy (non-hydrogen) atoms. The Bertz CT molecular complexity index is 1710. The van der Waals surface area contributed by atoms with Gasteiger partial charge in [-0.2, -0.15) is 15.1 Å². The molecule has 5 aliphatic rings. The fraction of sp³-hybridized carbons (Fsp3) is 0.611. The first kappa shape index (κ1) is 30.6. The first-order chi connectivity index (χ1) is 22.6. The second kappa shape index (κ2) is 11.5. The number of amides is 1. The topological polar surface area (TPSA) is 103 Å². The standard InChI is InChI=1S/C36H48N8O3/c1-24-18-35(11-6-14-43(35)20-24)23-47-34-37-31-19-36(12-5-8-25-9-10-27(45)17-29(25)36)41(4)22-28(31)32(38-34)42-13-7-15-44-26(21-42)16-30(39-44)33(46)40(2)3/h9-10,16-17,24,45H,5-8,11-15,18-23H2,1-4H3/t24-,35+,36-/m1/s1. The first-order valence-corrected chi connectivity index (χ1v) is 17.5. The van der Waals surface area contributed by atoms with Crippen LogP contribution in [0.15, 0.2) is 24.3 Å². The molecular weight excluding hydrogens is 592 g/mol. The molecule has 1 spiro atoms. The second-order valence-corrected chi connectivity index (χ2v) is 15.1. The number of anilines is 1. The van der Waals surface area contributed by atoms with E-state index in [0.717, 1.165) is 93.9 Å². The molecule has 2 saturated heterocycles. The van der Waals surface area contributed by atoms with Crippen LogP contribution in [0.4, 0.5) is 5.82 Å². The number of benzene rings is 1. The average Bonchev–Trinajstić information content (AvgIpc) is 3.67. The van der Waals surface area contributed by atoms with Crippen molar-refractivity contribution in [1.29, 1.82) is 0 Å². The highest BCUT2D eigenvalue weighted by Crippen LogP contribution is 2.48. The van der Waals surface area contributed by atoms with Crippen LogP contribution in [-0.4, -0.2) is 98.4 Å². The van der Waals surface area contributed by atoms with E-state index in [4.69, 9.17) is 14.7 Å². The maximum absolute atomic E-state index is 12.8. The predicted molar refractivity (Wildman–Crippen MR) is 179 cm³/mol. The van der Waals surface area contributed by atoms with Gasteiger partial charge in [0.2, 0.25) is 0 Å². The summed E-state index contributed by atoms with van der Waals surface area (Å²) in [6.45, 7) is 8.14. The van der Waals surface area contributed by atoms with Gasteiger partial charge in [0, 0.05) is 52.3 Å². The molecular formula is C36H48N8O3. The number of carbonyl (C=O) groups is 1. The molecule has 8 rings (SSSR count). The Morgan fingerprint density at radius 1 is 1.09 bits per heavy atom. The zero-order valence-corrected chi connectivity index (χ0v) is 28.3. The Morgan fingerprint density at radius 2 is 1.96 bits per heavy atom. The summed E-state index contributed by atoms with van der Waals surface area (Å²) >= 11 is 0. The van der Waals surface area contributed by atoms with Gasteiger partial charge >= 0.3 is 6.01 Å². The highest BCUT2D eigenvalue weighted by molar-refractivity contribution is 5.92. The van der Waals surface area contributed by atoms with E-state index >= 15 is 0 Å². The van der Waals surface area contributed by atoms with Gasteiger partial charge in [-0.3, -0.25) is 19.3 Å². The Balaban J connectivity index is 1.18. The lowest BCUT2D eigenvalue weighted by Gasteiger charge is -2.49. The average molecular weight is 641 g/mol. The van der Waals surface area contributed by atoms with Gasteiger partial charge in [-0.05, 0) is 93.8 Å². The van der Waals surface area contributed by atoms with Gasteiger partial charge in [0.05, 0.1) is 29.0 Å². The smallest absolute Gasteiger partial charge is 0.318 e. The lowest BCUT2D eigenvalue weighted by Crippen LogP contribution is -2.51. The largest absolute Gasteiger partial charge is 0.508 e. The molecule has 2 fully saturated rings. The molecule has 3 aromatic rings. The number of likely N-dealkylation sites (N-methyl/N-ethyl adjacent to an activating group) is 1. The molecule has 1 N–H and O–H groups in total. The van der Waals surface area contributed by atoms with Crippen LogP contribution in [-0.2, 0) is 38.0 Å². The van der Waals surface area contributed by atoms with Crippen molar-refractivity contribution in [2.75, 3.05) is 52.3 Å². The quantitative estimate of drug-likeness (QED) is 0.444. The maximum Gasteiger partial charge on any atom is 0.318 e. The number of aryl methyl sites for hydroxylation is 2. The van der Waals surface area contributed by atoms with Crippen molar-refractivity contribution in [3.05, 3.63) is 58.0 Å². The summed E-state index contributed by atoms with van der Waals surface area (Å²) in [4.78, 5) is 32.2. The number of hydrogen-bond acceptors (Lipinski definition) is 9. The van der Waals surface area contributed by atoms with Gasteiger partial charge < -0.3 is 19.6 Å². The van der Waals surface area contributed by atoms with Crippen LogP contribution in [0.5, 0.6) is 11.8 Å². The monoisotopic (exact) mass is 640 g/mol. The van der Waals surface area contributed by atoms with Crippen LogP contribution in [0, 0.1) is 5.92 Å². The molecule has 6 heterocycles. The fourth-order valence-electron chi connectivity index (χ4n) is 9.43. The summed E-state index contributed by atoms with van der Waals surface area (Å²) in [6.07, 6.45) is 8.29. The summed E-state index contributed by atoms with van der Waals surface area (Å²) in [5, 5.41) is 15.3. The van der Waals surface area contributed by atoms with E-state index in [9.17, 15) is 9.90 Å². The molecule has 1 aliphatic carbocycles. The van der Waals surface area contributed by atoms with Gasteiger partial charge in [-0.15, -0.1) is 0 Å². The van der Waals surface area contributed by atoms with Crippen molar-refractivity contribution in [2.24, 2.45) is 5.92 Å². The Labute approximate surface area is 277 Å². The summed E-state index contributed by atoms with van der Waals surface area (Å²) in [7, 11) is 5.74. The zero-order chi connectivity index (χ0) is 32.5. The zero-order valence-electron chi connectivity index (χ0n) is 28.3. The molecule has 1 amide bonds. The number of carbonyl (C=O) groups excluding carboxylic acids is 1. The van der Waals surface area contributed by atoms with Gasteiger partial charge in [-0.1, -0.05) is 13.0 Å². The third-order valence-corrected chi connectivity index (χ3v) is 11.7. The highest BCUT2D eigenvalue weighted by Gasteiger charge is 2.48. The van der Waals surface area contributed by atoms with Crippen molar-refractivity contribution >= 4 is 11.7 Å². The second-order valence-electron chi connectivity index (χ2n) is 15.1. The van der Waals surface area contributed by atoms with E-state index in [1.54, 1.807) is 19.0 Å². The van der Waals surface area contributed by atoms with Crippen molar-refractivity contribution in [3.8, 4) is 11.8 Å². The Kier molecular flexibility index (Phi) is 7.48. The number of fused-ring (bicyclic) bond motifs is 5. The van der Waals surface area contributed by atoms with Crippen LogP contribution in [0.3, 0.4) is 0 Å². The van der Waals surface area contributed by atoms with E-state index in [2.05, 4.69) is 39.8 Å². The lowest BCUT2D eigenvalue weighted by molar-refractivity contribution is 0.0711. The Morgan fingerprint density at radius 3 is 2.81 bits per heavy atom. The Hall–Kier alpha value is -3.70. The van der Waals surface area contributed by atoms with E-state index < -0.39 is 0 Å². The maximum atomic E-state index is 12.8. The molecule has 1 aromatic carbocycles. The SMILES string of the molecule is C[C@H]1CN2CCC[C@@]2(COc2nc3c(c(N4CCCn5nc(C(=O)N(C)C)cc5C4)n2)CN(C)[C@]2(CCCc4ccc(O)cc42)C3)C1. The molecule has 0 radical (unpaired) electrons. The number of rotatable bonds is 5. The van der Waals surface area contributed by atoms with Crippen molar-refractivity contribution < 1.29 is 14.6 Å². The number of ether oxygens (including phenoxy) is 1. The summed E-state index contributed by atoms with van der Waals surface area (Å²) in [5.41, 5.74) is 6.04. The van der Waals surface area contributed by atoms with Crippen LogP contribution in [0.2, 0.25) is 0 Å². The minimum atomic E-state index is -0.247. The van der Waals surface area contributed by atoms with E-state index in [-0.39, 0.29) is 17.0 Å². The van der Waals surface area contributed by atoms with E-state index in [1.807, 2.05) is 22.9 Å². The van der Waals surface area contributed by atoms with Gasteiger partial charge in [0.15, 0.2) is 5.69 Å². The number of phenols is 1. The summed E-state index contributed by atoms with van der Waals surface area (Å²) in [5.74, 6) is 1.83. The van der Waals surface area contributed by atoms with E-state index in [1.165, 1.54) is 17.5 Å². The molecule has 0 saturated carbocycles. The van der Waals surface area contributed by atoms with E-state index in [0.29, 0.717) is 43.1 Å². The third-order valence-electron chi connectivity index (χ3n) is 11.7. The number of aromatic nitrogens is 4. The molecule has 250 valence electrons. The lowest BCUT2D eigenvalue weighted by atomic mass is 9.70. The number of phenolic OH excluding ortho intramolecular Hbond substituents is 1. The van der Waals surface area contributed by atoms with Crippen LogP contribution in [0.25, 0.3) is 0 Å². The minimum absolute atomic E-state index is 0.0740. The highest BCUT2D eigenvalue weighted by atomic mass is 16.5. The molecule has 0 unspecified atom stereocenters. The molecule has 2 aromatic heterocycles. The summed E-state index contributed by atoms with van der Waals surface area (Å²) < 4.78 is 8.67. The third kappa shape index (κ3) is 5.17. The van der Waals surface area contributed by atoms with Crippen molar-refractivity contribution in [2.45, 2.75) is 89.0 Å². The van der Waals surface area contributed by atoms with Gasteiger partial charge in [0.1, 0.15) is 18.2 Å². The van der Waals surface area contributed by atoms with Crippen LogP contribution >= 0.6 is 0 Å². The molecule has 11 nitrogen and oxygen atoms in total. The van der Waals surface area contributed by atoms with Gasteiger partial charge in [-0.25, -0.2) is 0 Å². The minimum Gasteiger partial charge on any atom is -0.508 e. The van der Waals surface area contributed by atoms with Crippen LogP contribution < -0.4 is 9.64 Å². The molecule has 4 aliphatic heterocycles. The molecule has 0 bridgehead atoms. The normalized spacial score (nSPS) is 27.2. The number of hydrogen-bond donors (Lipinski definition) is 1. The molecule has 11 heteroatoms. The van der Waals surface area contributed by atoms with Crippen molar-refractivity contribution in [1.82, 2.24) is 34.4 Å². The first-order valence-electron chi connectivity index (χ1n) is 17.5. The van der Waals surface area contributed by atoms with Gasteiger partial charge in [0.25, 0.3) is 5.91 Å². The number of aromatic hydroxyl groups is 1. The summed E-state index contributed by atoms with van der Waals surface area (Å²) in [6, 6.07) is 8.30. The fourth-order valence-corrected chi connectivity index (χ4v) is 9.43. The predicted octanol–water partition coefficient (Wildman–Crippen LogP) is 3.96. The number of nitrogens with zero attached hydrogens (tertiary/aromatic N) is 8.